The fourth-order valence-electron chi connectivity index (χ4n) is 12.4. The maximum Gasteiger partial charge on any atom is 0.314 e. The summed E-state index contributed by atoms with van der Waals surface area (Å²) in [7, 11) is 0. The van der Waals surface area contributed by atoms with Gasteiger partial charge in [0.25, 0.3) is 0 Å². The smallest absolute Gasteiger partial charge is 0.314 e. The molecule has 2 saturated heterocycles. The van der Waals surface area contributed by atoms with Gasteiger partial charge in [-0.15, -0.1) is 0 Å². The molecule has 6 rings (SSSR count). The molecular weight excluding hydrogens is 700 g/mol. The van der Waals surface area contributed by atoms with Crippen molar-refractivity contribution < 1.29 is 64.6 Å². The summed E-state index contributed by atoms with van der Waals surface area (Å²) in [6, 6.07) is 0. The average Bonchev–Trinajstić information content (AvgIpc) is 3.45. The van der Waals surface area contributed by atoms with E-state index in [1.54, 1.807) is 0 Å². The number of carboxylic acid groups (broad SMARTS) is 1. The van der Waals surface area contributed by atoms with Crippen LogP contribution in [0, 0.1) is 39.4 Å². The van der Waals surface area contributed by atoms with Crippen molar-refractivity contribution in [3.8, 4) is 0 Å². The largest absolute Gasteiger partial charge is 0.481 e. The standard InChI is InChI=1S/C41H66O13/c1-20(2)25(43)10-8-21(3)22-13-17-41(37(49)50)24-9-11-28-38(4,5)29(14-15-39(28,6)23(24)12-16-40(22,41)7)53-36-34(30(45)26(44)19-51-36)54-35-33(48)32(47)31(46)27(18-42)52-35/h21-22,25-36,42-48H,1,8-19H2,2-7H3,(H,49,50)/t21-,22-,25-,26+,27-,28-,29+,30+,31+,32+,33-,34-,35+,36+,39-,40-,41+/m1/s1. The number of hydrogen-bond acceptors (Lipinski definition) is 12. The number of carbonyl (C=O) groups is 1. The van der Waals surface area contributed by atoms with Crippen LogP contribution in [-0.2, 0) is 23.7 Å². The summed E-state index contributed by atoms with van der Waals surface area (Å²) in [6.45, 7) is 15.9. The first kappa shape index (κ1) is 42.1. The molecule has 13 nitrogen and oxygen atoms in total. The Balaban J connectivity index is 1.23. The highest BCUT2D eigenvalue weighted by Gasteiger charge is 2.68. The third kappa shape index (κ3) is 6.64. The van der Waals surface area contributed by atoms with Crippen LogP contribution in [0.5, 0.6) is 0 Å². The van der Waals surface area contributed by atoms with Gasteiger partial charge in [0.05, 0.1) is 30.8 Å². The molecule has 4 aliphatic carbocycles. The van der Waals surface area contributed by atoms with Gasteiger partial charge in [0.2, 0.25) is 0 Å². The van der Waals surface area contributed by atoms with E-state index in [1.807, 2.05) is 6.92 Å². The van der Waals surface area contributed by atoms with Gasteiger partial charge in [-0.1, -0.05) is 57.9 Å². The fraction of sp³-hybridized carbons (Fsp3) is 0.878. The zero-order valence-electron chi connectivity index (χ0n) is 32.9. The minimum atomic E-state index is -1.72. The van der Waals surface area contributed by atoms with Crippen molar-refractivity contribution in [3.63, 3.8) is 0 Å². The van der Waals surface area contributed by atoms with Crippen LogP contribution >= 0.6 is 0 Å². The molecule has 0 radical (unpaired) electrons. The number of allylic oxidation sites excluding steroid dienone is 1. The van der Waals surface area contributed by atoms with E-state index in [2.05, 4.69) is 41.2 Å². The summed E-state index contributed by atoms with van der Waals surface area (Å²) in [5.41, 5.74) is 1.17. The Morgan fingerprint density at radius 1 is 0.889 bits per heavy atom. The first-order chi connectivity index (χ1) is 25.3. The Hall–Kier alpha value is -1.49. The van der Waals surface area contributed by atoms with Crippen LogP contribution in [0.3, 0.4) is 0 Å². The number of aliphatic carboxylic acids is 1. The van der Waals surface area contributed by atoms with Crippen molar-refractivity contribution >= 4 is 5.97 Å². The number of ether oxygens (including phenoxy) is 4. The van der Waals surface area contributed by atoms with Crippen LogP contribution < -0.4 is 0 Å². The van der Waals surface area contributed by atoms with Gasteiger partial charge in [0, 0.05) is 0 Å². The van der Waals surface area contributed by atoms with Crippen LogP contribution in [0.4, 0.5) is 0 Å². The molecule has 0 aromatic heterocycles. The molecule has 4 fully saturated rings. The first-order valence-electron chi connectivity index (χ1n) is 20.1. The summed E-state index contributed by atoms with van der Waals surface area (Å²) >= 11 is 0. The van der Waals surface area contributed by atoms with E-state index in [-0.39, 0.29) is 35.9 Å². The van der Waals surface area contributed by atoms with Crippen LogP contribution in [0.2, 0.25) is 0 Å². The van der Waals surface area contributed by atoms with Crippen molar-refractivity contribution in [2.24, 2.45) is 39.4 Å². The lowest BCUT2D eigenvalue weighted by Gasteiger charge is -2.62. The molecule has 0 aromatic rings. The fourth-order valence-corrected chi connectivity index (χ4v) is 12.4. The van der Waals surface area contributed by atoms with Crippen molar-refractivity contribution in [1.82, 2.24) is 0 Å². The third-order valence-corrected chi connectivity index (χ3v) is 15.6. The molecule has 0 aromatic carbocycles. The highest BCUT2D eigenvalue weighted by molar-refractivity contribution is 5.82. The van der Waals surface area contributed by atoms with E-state index in [1.165, 1.54) is 5.57 Å². The first-order valence-corrected chi connectivity index (χ1v) is 20.1. The van der Waals surface area contributed by atoms with E-state index in [0.29, 0.717) is 25.7 Å². The highest BCUT2D eigenvalue weighted by atomic mass is 16.8. The lowest BCUT2D eigenvalue weighted by molar-refractivity contribution is -0.365. The van der Waals surface area contributed by atoms with Crippen LogP contribution in [-0.4, -0.2) is 128 Å². The Labute approximate surface area is 319 Å². The van der Waals surface area contributed by atoms with Crippen molar-refractivity contribution in [2.75, 3.05) is 13.2 Å². The van der Waals surface area contributed by atoms with Crippen LogP contribution in [0.25, 0.3) is 0 Å². The minimum Gasteiger partial charge on any atom is -0.481 e. The Kier molecular flexibility index (Phi) is 12.0. The van der Waals surface area contributed by atoms with Crippen LogP contribution in [0.15, 0.2) is 23.3 Å². The minimum absolute atomic E-state index is 0.140. The monoisotopic (exact) mass is 766 g/mol. The van der Waals surface area contributed by atoms with E-state index < -0.39 is 90.2 Å². The molecule has 13 heteroatoms. The van der Waals surface area contributed by atoms with Gasteiger partial charge < -0.3 is 59.8 Å². The Morgan fingerprint density at radius 3 is 2.24 bits per heavy atom. The molecule has 0 unspecified atom stereocenters. The lowest BCUT2D eigenvalue weighted by atomic mass is 9.43. The van der Waals surface area contributed by atoms with Crippen LogP contribution in [0.1, 0.15) is 106 Å². The second-order valence-corrected chi connectivity index (χ2v) is 18.7. The predicted octanol–water partition coefficient (Wildman–Crippen LogP) is 2.80. The molecule has 54 heavy (non-hydrogen) atoms. The van der Waals surface area contributed by atoms with Crippen molar-refractivity contribution in [1.29, 1.82) is 0 Å². The molecule has 308 valence electrons. The molecule has 2 aliphatic heterocycles. The second-order valence-electron chi connectivity index (χ2n) is 18.7. The van der Waals surface area contributed by atoms with Gasteiger partial charge in [-0.25, -0.2) is 0 Å². The maximum atomic E-state index is 13.7. The molecular formula is C41H66O13. The normalized spacial score (nSPS) is 47.3. The number of aliphatic hydroxyl groups is 7. The molecule has 6 aliphatic rings. The number of fused-ring (bicyclic) bond motifs is 4. The molecule has 0 bridgehead atoms. The average molecular weight is 767 g/mol. The second kappa shape index (κ2) is 15.4. The van der Waals surface area contributed by atoms with Gasteiger partial charge in [0.15, 0.2) is 12.6 Å². The SMILES string of the molecule is C=C(C)[C@H](O)CC[C@@H](C)[C@H]1CC[C@@]2(C(=O)O)C3=C(CC[C@]12C)[C@@]1(C)CC[C@H](O[C@@H]2OC[C@H](O)[C@H](O)[C@H]2O[C@@H]2O[C@H](CO)[C@H](O)[C@H](O)[C@H]2O)C(C)(C)[C@H]1CC3. The lowest BCUT2D eigenvalue weighted by Crippen LogP contribution is -2.64. The van der Waals surface area contributed by atoms with E-state index >= 15 is 0 Å². The summed E-state index contributed by atoms with van der Waals surface area (Å²) < 4.78 is 24.1. The summed E-state index contributed by atoms with van der Waals surface area (Å²) in [5, 5.41) is 84.2. The summed E-state index contributed by atoms with van der Waals surface area (Å²) in [4.78, 5) is 13.7. The van der Waals surface area contributed by atoms with Gasteiger partial charge in [-0.05, 0) is 105 Å². The number of carboxylic acids is 1. The van der Waals surface area contributed by atoms with Gasteiger partial charge in [-0.3, -0.25) is 4.79 Å². The quantitative estimate of drug-likeness (QED) is 0.142. The van der Waals surface area contributed by atoms with Crippen molar-refractivity contribution in [2.45, 2.75) is 173 Å². The number of aliphatic hydroxyl groups excluding tert-OH is 7. The summed E-state index contributed by atoms with van der Waals surface area (Å²) in [5.74, 6) is -0.0798. The van der Waals surface area contributed by atoms with Crippen molar-refractivity contribution in [3.05, 3.63) is 23.3 Å². The molecule has 2 saturated carbocycles. The Morgan fingerprint density at radius 2 is 1.59 bits per heavy atom. The zero-order valence-corrected chi connectivity index (χ0v) is 32.9. The van der Waals surface area contributed by atoms with E-state index in [4.69, 9.17) is 18.9 Å². The molecule has 0 spiro atoms. The molecule has 2 heterocycles. The highest BCUT2D eigenvalue weighted by Crippen LogP contribution is 2.73. The summed E-state index contributed by atoms with van der Waals surface area (Å²) in [6.07, 6.45) is -6.64. The van der Waals surface area contributed by atoms with E-state index in [0.717, 1.165) is 49.7 Å². The van der Waals surface area contributed by atoms with Gasteiger partial charge >= 0.3 is 5.97 Å². The van der Waals surface area contributed by atoms with Gasteiger partial charge in [-0.2, -0.15) is 0 Å². The molecule has 8 N–H and O–H groups in total. The predicted molar refractivity (Wildman–Crippen MR) is 195 cm³/mol. The van der Waals surface area contributed by atoms with E-state index in [9.17, 15) is 45.6 Å². The molecule has 0 amide bonds. The topological polar surface area (TPSA) is 216 Å². The van der Waals surface area contributed by atoms with Gasteiger partial charge in [0.1, 0.15) is 42.7 Å². The third-order valence-electron chi connectivity index (χ3n) is 15.6. The zero-order chi connectivity index (χ0) is 39.7. The number of hydrogen-bond donors (Lipinski definition) is 8. The Bertz CT molecular complexity index is 1430. The maximum absolute atomic E-state index is 13.7. The molecule has 17 atom stereocenters. The number of rotatable bonds is 11.